The first kappa shape index (κ1) is 15.9. The largest absolute Gasteiger partial charge is 0.383 e. The third-order valence-electron chi connectivity index (χ3n) is 2.66. The van der Waals surface area contributed by atoms with E-state index in [0.29, 0.717) is 18.7 Å². The maximum atomic E-state index is 13.0. The van der Waals surface area contributed by atoms with Crippen molar-refractivity contribution in [1.82, 2.24) is 10.2 Å². The van der Waals surface area contributed by atoms with Gasteiger partial charge in [0.25, 0.3) is 5.91 Å². The lowest BCUT2D eigenvalue weighted by Crippen LogP contribution is -2.34. The Labute approximate surface area is 118 Å². The van der Waals surface area contributed by atoms with Crippen molar-refractivity contribution in [3.63, 3.8) is 0 Å². The van der Waals surface area contributed by atoms with Gasteiger partial charge >= 0.3 is 0 Å². The zero-order valence-electron chi connectivity index (χ0n) is 11.1. The van der Waals surface area contributed by atoms with Gasteiger partial charge in [-0.2, -0.15) is 0 Å². The average Bonchev–Trinajstić information content (AvgIpc) is 2.39. The van der Waals surface area contributed by atoms with Gasteiger partial charge in [0, 0.05) is 37.2 Å². The number of nitrogens with one attached hydrogen (secondary N) is 1. The number of amides is 1. The number of carbonyl (C=O) groups excluding carboxylic acids is 1. The molecule has 0 saturated carbocycles. The summed E-state index contributed by atoms with van der Waals surface area (Å²) in [6.45, 7) is 2.72. The smallest absolute Gasteiger partial charge is 0.251 e. The van der Waals surface area contributed by atoms with E-state index in [1.54, 1.807) is 7.11 Å². The molecule has 4 nitrogen and oxygen atoms in total. The van der Waals surface area contributed by atoms with Crippen LogP contribution >= 0.6 is 12.6 Å². The molecule has 0 heterocycles. The Morgan fingerprint density at radius 2 is 2.21 bits per heavy atom. The number of benzene rings is 1. The van der Waals surface area contributed by atoms with E-state index in [1.807, 2.05) is 7.05 Å². The normalized spacial score (nSPS) is 10.8. The summed E-state index contributed by atoms with van der Waals surface area (Å²) in [5, 5.41) is 2.78. The first-order valence-electron chi connectivity index (χ1n) is 5.98. The summed E-state index contributed by atoms with van der Waals surface area (Å²) in [6, 6.07) is 4.10. The topological polar surface area (TPSA) is 41.6 Å². The number of carbonyl (C=O) groups is 1. The van der Waals surface area contributed by atoms with Gasteiger partial charge in [0.1, 0.15) is 5.82 Å². The lowest BCUT2D eigenvalue weighted by molar-refractivity contribution is 0.0947. The minimum Gasteiger partial charge on any atom is -0.383 e. The van der Waals surface area contributed by atoms with Crippen molar-refractivity contribution in [3.05, 3.63) is 29.6 Å². The molecule has 0 aliphatic rings. The Kier molecular flexibility index (Phi) is 6.83. The van der Waals surface area contributed by atoms with Crippen LogP contribution in [-0.2, 0) is 4.74 Å². The van der Waals surface area contributed by atoms with Crippen molar-refractivity contribution in [2.75, 3.05) is 40.4 Å². The van der Waals surface area contributed by atoms with E-state index in [1.165, 1.54) is 18.2 Å². The van der Waals surface area contributed by atoms with Gasteiger partial charge in [0.05, 0.1) is 6.61 Å². The van der Waals surface area contributed by atoms with Crippen LogP contribution in [0.3, 0.4) is 0 Å². The van der Waals surface area contributed by atoms with Crippen LogP contribution in [0.4, 0.5) is 4.39 Å². The van der Waals surface area contributed by atoms with Crippen molar-refractivity contribution in [2.45, 2.75) is 4.90 Å². The Morgan fingerprint density at radius 1 is 1.47 bits per heavy atom. The fraction of sp³-hybridized carbons (Fsp3) is 0.462. The number of rotatable bonds is 7. The minimum absolute atomic E-state index is 0.171. The maximum Gasteiger partial charge on any atom is 0.251 e. The van der Waals surface area contributed by atoms with Crippen molar-refractivity contribution in [3.8, 4) is 0 Å². The number of ether oxygens (including phenoxy) is 1. The highest BCUT2D eigenvalue weighted by molar-refractivity contribution is 7.80. The predicted octanol–water partition coefficient (Wildman–Crippen LogP) is 1.42. The molecule has 0 saturated heterocycles. The first-order valence-corrected chi connectivity index (χ1v) is 6.43. The number of halogens is 1. The zero-order chi connectivity index (χ0) is 14.3. The number of methoxy groups -OCH3 is 1. The molecule has 0 spiro atoms. The summed E-state index contributed by atoms with van der Waals surface area (Å²) in [7, 11) is 3.61. The number of nitrogens with zero attached hydrogens (tertiary/aromatic N) is 1. The molecule has 19 heavy (non-hydrogen) atoms. The quantitative estimate of drug-likeness (QED) is 0.745. The molecular weight excluding hydrogens is 267 g/mol. The van der Waals surface area contributed by atoms with Crippen LogP contribution in [0, 0.1) is 5.82 Å². The molecule has 0 bridgehead atoms. The summed E-state index contributed by atoms with van der Waals surface area (Å²) in [6.07, 6.45) is 0. The molecule has 0 atom stereocenters. The molecule has 6 heteroatoms. The fourth-order valence-electron chi connectivity index (χ4n) is 1.48. The third-order valence-corrected chi connectivity index (χ3v) is 3.01. The van der Waals surface area contributed by atoms with Crippen LogP contribution in [0.25, 0.3) is 0 Å². The molecule has 0 radical (unpaired) electrons. The molecule has 1 aromatic rings. The van der Waals surface area contributed by atoms with Gasteiger partial charge < -0.3 is 15.0 Å². The van der Waals surface area contributed by atoms with Gasteiger partial charge in [-0.05, 0) is 25.2 Å². The number of hydrogen-bond acceptors (Lipinski definition) is 4. The molecule has 0 fully saturated rings. The first-order chi connectivity index (χ1) is 9.04. The second-order valence-electron chi connectivity index (χ2n) is 4.22. The van der Waals surface area contributed by atoms with Gasteiger partial charge in [0.2, 0.25) is 0 Å². The molecule has 1 N–H and O–H groups in total. The monoisotopic (exact) mass is 286 g/mol. The Hall–Kier alpha value is -1.11. The average molecular weight is 286 g/mol. The maximum absolute atomic E-state index is 13.0. The van der Waals surface area contributed by atoms with Crippen LogP contribution in [0.5, 0.6) is 0 Å². The van der Waals surface area contributed by atoms with Gasteiger partial charge in [-0.3, -0.25) is 4.79 Å². The molecule has 0 aliphatic carbocycles. The Morgan fingerprint density at radius 3 is 2.84 bits per heavy atom. The molecule has 0 aliphatic heterocycles. The van der Waals surface area contributed by atoms with Crippen molar-refractivity contribution >= 4 is 18.5 Å². The van der Waals surface area contributed by atoms with E-state index in [2.05, 4.69) is 22.8 Å². The summed E-state index contributed by atoms with van der Waals surface area (Å²) < 4.78 is 18.0. The van der Waals surface area contributed by atoms with Crippen molar-refractivity contribution < 1.29 is 13.9 Å². The highest BCUT2D eigenvalue weighted by Crippen LogP contribution is 2.13. The highest BCUT2D eigenvalue weighted by Gasteiger charge is 2.08. The standard InChI is InChI=1S/C13H19FN2O2S/c1-16(7-8-18-2)6-5-15-13(17)10-3-4-11(14)12(19)9-10/h3-4,9,19H,5-8H2,1-2H3,(H,15,17). The Balaban J connectivity index is 2.37. The van der Waals surface area contributed by atoms with E-state index in [0.717, 1.165) is 13.1 Å². The van der Waals surface area contributed by atoms with Crippen LogP contribution in [0.1, 0.15) is 10.4 Å². The summed E-state index contributed by atoms with van der Waals surface area (Å²) in [5.41, 5.74) is 0.408. The second kappa shape index (κ2) is 8.14. The van der Waals surface area contributed by atoms with Crippen molar-refractivity contribution in [2.24, 2.45) is 0 Å². The van der Waals surface area contributed by atoms with Gasteiger partial charge in [0.15, 0.2) is 0 Å². The van der Waals surface area contributed by atoms with Crippen LogP contribution in [0.2, 0.25) is 0 Å². The van der Waals surface area contributed by atoms with Crippen LogP contribution in [-0.4, -0.2) is 51.2 Å². The minimum atomic E-state index is -0.431. The van der Waals surface area contributed by atoms with E-state index in [4.69, 9.17) is 4.74 Å². The number of likely N-dealkylation sites (N-methyl/N-ethyl adjacent to an activating group) is 1. The van der Waals surface area contributed by atoms with Crippen LogP contribution < -0.4 is 5.32 Å². The van der Waals surface area contributed by atoms with Crippen molar-refractivity contribution in [1.29, 1.82) is 0 Å². The summed E-state index contributed by atoms with van der Waals surface area (Å²) in [5.74, 6) is -0.658. The molecule has 1 aromatic carbocycles. The SMILES string of the molecule is COCCN(C)CCNC(=O)c1ccc(F)c(S)c1. The highest BCUT2D eigenvalue weighted by atomic mass is 32.1. The summed E-state index contributed by atoms with van der Waals surface area (Å²) >= 11 is 3.95. The second-order valence-corrected chi connectivity index (χ2v) is 4.70. The molecule has 1 rings (SSSR count). The lowest BCUT2D eigenvalue weighted by Gasteiger charge is -2.16. The third kappa shape index (κ3) is 5.59. The van der Waals surface area contributed by atoms with Crippen LogP contribution in [0.15, 0.2) is 23.1 Å². The van der Waals surface area contributed by atoms with E-state index >= 15 is 0 Å². The lowest BCUT2D eigenvalue weighted by atomic mass is 10.2. The number of hydrogen-bond donors (Lipinski definition) is 2. The molecule has 0 aromatic heterocycles. The van der Waals surface area contributed by atoms with E-state index in [9.17, 15) is 9.18 Å². The fourth-order valence-corrected chi connectivity index (χ4v) is 1.69. The van der Waals surface area contributed by atoms with E-state index in [-0.39, 0.29) is 10.8 Å². The molecule has 1 amide bonds. The van der Waals surface area contributed by atoms with Gasteiger partial charge in [-0.1, -0.05) is 0 Å². The molecule has 0 unspecified atom stereocenters. The molecular formula is C13H19FN2O2S. The zero-order valence-corrected chi connectivity index (χ0v) is 12.0. The van der Waals surface area contributed by atoms with E-state index < -0.39 is 5.82 Å². The Bertz CT molecular complexity index is 429. The molecule has 106 valence electrons. The predicted molar refractivity (Wildman–Crippen MR) is 75.4 cm³/mol. The summed E-state index contributed by atoms with van der Waals surface area (Å²) in [4.78, 5) is 14.0. The van der Waals surface area contributed by atoms with Gasteiger partial charge in [-0.15, -0.1) is 12.6 Å². The number of thiol groups is 1. The van der Waals surface area contributed by atoms with Gasteiger partial charge in [-0.25, -0.2) is 4.39 Å².